The van der Waals surface area contributed by atoms with Gasteiger partial charge in [-0.3, -0.25) is 9.59 Å². The van der Waals surface area contributed by atoms with Gasteiger partial charge in [-0.1, -0.05) is 30.3 Å². The molecule has 2 N–H and O–H groups in total. The smallest absolute Gasteiger partial charge is 0.290 e. The van der Waals surface area contributed by atoms with Gasteiger partial charge in [-0.05, 0) is 6.07 Å². The summed E-state index contributed by atoms with van der Waals surface area (Å²) in [6.45, 7) is -0.831. The van der Waals surface area contributed by atoms with E-state index in [1.165, 1.54) is 36.5 Å². The molecule has 20 heavy (non-hydrogen) atoms. The highest BCUT2D eigenvalue weighted by atomic mass is 19.3. The number of halogens is 2. The summed E-state index contributed by atoms with van der Waals surface area (Å²) < 4.78 is 27.7. The summed E-state index contributed by atoms with van der Waals surface area (Å²) in [6, 6.07) is 9.62. The Labute approximate surface area is 113 Å². The molecule has 2 rings (SSSR count). The average Bonchev–Trinajstić information content (AvgIpc) is 2.46. The van der Waals surface area contributed by atoms with Crippen LogP contribution in [0.25, 0.3) is 0 Å². The monoisotopic (exact) mass is 278 g/mol. The van der Waals surface area contributed by atoms with Gasteiger partial charge < -0.3 is 10.3 Å². The van der Waals surface area contributed by atoms with Gasteiger partial charge in [0.05, 0.1) is 6.54 Å². The van der Waals surface area contributed by atoms with Gasteiger partial charge >= 0.3 is 0 Å². The van der Waals surface area contributed by atoms with Crippen molar-refractivity contribution in [2.75, 3.05) is 6.54 Å². The van der Waals surface area contributed by atoms with Gasteiger partial charge in [0.2, 0.25) is 5.56 Å². The molecule has 1 heterocycles. The molecule has 6 heteroatoms. The highest BCUT2D eigenvalue weighted by Crippen LogP contribution is 2.26. The lowest BCUT2D eigenvalue weighted by Gasteiger charge is -2.17. The number of H-pyrrole nitrogens is 1. The first-order valence-corrected chi connectivity index (χ1v) is 5.89. The van der Waals surface area contributed by atoms with E-state index in [4.69, 9.17) is 0 Å². The van der Waals surface area contributed by atoms with Crippen molar-refractivity contribution in [2.24, 2.45) is 0 Å². The molecule has 0 bridgehead atoms. The fraction of sp³-hybridized carbons (Fsp3) is 0.143. The fourth-order valence-corrected chi connectivity index (χ4v) is 1.66. The highest BCUT2D eigenvalue weighted by molar-refractivity contribution is 5.93. The van der Waals surface area contributed by atoms with Crippen LogP contribution in [0.15, 0.2) is 53.5 Å². The Hall–Kier alpha value is -2.50. The van der Waals surface area contributed by atoms with E-state index in [0.717, 1.165) is 6.07 Å². The van der Waals surface area contributed by atoms with Crippen LogP contribution >= 0.6 is 0 Å². The van der Waals surface area contributed by atoms with Crippen LogP contribution in [0.4, 0.5) is 8.78 Å². The van der Waals surface area contributed by atoms with E-state index >= 15 is 0 Å². The zero-order valence-electron chi connectivity index (χ0n) is 10.4. The summed E-state index contributed by atoms with van der Waals surface area (Å²) in [5.41, 5.74) is -0.601. The molecular weight excluding hydrogens is 266 g/mol. The predicted molar refractivity (Wildman–Crippen MR) is 69.7 cm³/mol. The second-order valence-electron chi connectivity index (χ2n) is 4.19. The number of pyridine rings is 1. The van der Waals surface area contributed by atoms with Crippen molar-refractivity contribution in [3.05, 3.63) is 70.1 Å². The Morgan fingerprint density at radius 3 is 2.55 bits per heavy atom. The topological polar surface area (TPSA) is 62.0 Å². The summed E-state index contributed by atoms with van der Waals surface area (Å²) in [5, 5.41) is 2.12. The Morgan fingerprint density at radius 2 is 1.90 bits per heavy atom. The van der Waals surface area contributed by atoms with Gasteiger partial charge in [0, 0.05) is 23.4 Å². The van der Waals surface area contributed by atoms with E-state index in [1.807, 2.05) is 0 Å². The molecule has 0 saturated heterocycles. The average molecular weight is 278 g/mol. The van der Waals surface area contributed by atoms with Crippen LogP contribution < -0.4 is 10.9 Å². The number of rotatable bonds is 4. The molecule has 1 aromatic carbocycles. The molecule has 0 aliphatic heterocycles. The zero-order valence-corrected chi connectivity index (χ0v) is 10.4. The lowest BCUT2D eigenvalue weighted by molar-refractivity contribution is -0.00247. The summed E-state index contributed by atoms with van der Waals surface area (Å²) in [5.74, 6) is -3.88. The number of aromatic amines is 1. The maximum absolute atomic E-state index is 13.8. The van der Waals surface area contributed by atoms with Crippen molar-refractivity contribution in [1.82, 2.24) is 10.3 Å². The first-order valence-electron chi connectivity index (χ1n) is 5.89. The summed E-state index contributed by atoms with van der Waals surface area (Å²) in [6.07, 6.45) is 1.28. The van der Waals surface area contributed by atoms with Crippen molar-refractivity contribution in [2.45, 2.75) is 5.92 Å². The molecule has 2 aromatic rings. The molecule has 0 saturated carbocycles. The Morgan fingerprint density at radius 1 is 1.20 bits per heavy atom. The molecule has 0 spiro atoms. The van der Waals surface area contributed by atoms with Crippen LogP contribution in [0.3, 0.4) is 0 Å². The Balaban J connectivity index is 2.05. The lowest BCUT2D eigenvalue weighted by atomic mass is 10.1. The Kier molecular flexibility index (Phi) is 3.93. The number of alkyl halides is 2. The standard InChI is InChI=1S/C14H12F2N2O2/c15-14(16,11-4-2-1-3-5-11)9-18-13(20)10-6-7-17-12(19)8-10/h1-8H,9H2,(H,17,19)(H,18,20). The van der Waals surface area contributed by atoms with E-state index in [1.54, 1.807) is 6.07 Å². The van der Waals surface area contributed by atoms with Crippen molar-refractivity contribution in [1.29, 1.82) is 0 Å². The molecule has 0 fully saturated rings. The van der Waals surface area contributed by atoms with Crippen molar-refractivity contribution in [3.63, 3.8) is 0 Å². The largest absolute Gasteiger partial charge is 0.346 e. The molecule has 4 nitrogen and oxygen atoms in total. The van der Waals surface area contributed by atoms with Crippen molar-refractivity contribution >= 4 is 5.91 Å². The molecule has 104 valence electrons. The number of hydrogen-bond acceptors (Lipinski definition) is 2. The van der Waals surface area contributed by atoms with Crippen LogP contribution in [-0.4, -0.2) is 17.4 Å². The molecule has 1 amide bonds. The second kappa shape index (κ2) is 5.64. The van der Waals surface area contributed by atoms with E-state index in [0.29, 0.717) is 0 Å². The van der Waals surface area contributed by atoms with Gasteiger partial charge in [0.1, 0.15) is 0 Å². The van der Waals surface area contributed by atoms with Crippen molar-refractivity contribution < 1.29 is 13.6 Å². The van der Waals surface area contributed by atoms with Gasteiger partial charge in [-0.25, -0.2) is 0 Å². The second-order valence-corrected chi connectivity index (χ2v) is 4.19. The third-order valence-corrected chi connectivity index (χ3v) is 2.70. The van der Waals surface area contributed by atoms with Gasteiger partial charge in [-0.15, -0.1) is 0 Å². The van der Waals surface area contributed by atoms with E-state index < -0.39 is 23.9 Å². The molecule has 0 aliphatic rings. The highest BCUT2D eigenvalue weighted by Gasteiger charge is 2.31. The predicted octanol–water partition coefficient (Wildman–Crippen LogP) is 1.90. The fourth-order valence-electron chi connectivity index (χ4n) is 1.66. The number of carbonyl (C=O) groups is 1. The minimum Gasteiger partial charge on any atom is -0.346 e. The molecule has 0 aliphatic carbocycles. The van der Waals surface area contributed by atoms with Gasteiger partial charge in [0.25, 0.3) is 11.8 Å². The first kappa shape index (κ1) is 13.9. The number of benzene rings is 1. The minimum absolute atomic E-state index is 0.0395. The van der Waals surface area contributed by atoms with Gasteiger partial charge in [0.15, 0.2) is 0 Å². The van der Waals surface area contributed by atoms with E-state index in [9.17, 15) is 18.4 Å². The SMILES string of the molecule is O=C(NCC(F)(F)c1ccccc1)c1cc[nH]c(=O)c1. The van der Waals surface area contributed by atoms with Crippen LogP contribution in [0, 0.1) is 0 Å². The number of amides is 1. The molecule has 0 unspecified atom stereocenters. The summed E-state index contributed by atoms with van der Waals surface area (Å²) >= 11 is 0. The third-order valence-electron chi connectivity index (χ3n) is 2.70. The third kappa shape index (κ3) is 3.28. The zero-order chi connectivity index (χ0) is 14.6. The molecule has 0 radical (unpaired) electrons. The van der Waals surface area contributed by atoms with Crippen molar-refractivity contribution in [3.8, 4) is 0 Å². The van der Waals surface area contributed by atoms with Gasteiger partial charge in [-0.2, -0.15) is 8.78 Å². The molecular formula is C14H12F2N2O2. The van der Waals surface area contributed by atoms with Crippen LogP contribution in [0.5, 0.6) is 0 Å². The molecule has 1 aromatic heterocycles. The van der Waals surface area contributed by atoms with Crippen LogP contribution in [0.1, 0.15) is 15.9 Å². The van der Waals surface area contributed by atoms with Crippen LogP contribution in [-0.2, 0) is 5.92 Å². The minimum atomic E-state index is -3.17. The van der Waals surface area contributed by atoms with Crippen LogP contribution in [0.2, 0.25) is 0 Å². The lowest BCUT2D eigenvalue weighted by Crippen LogP contribution is -2.35. The maximum atomic E-state index is 13.8. The number of carbonyl (C=O) groups excluding carboxylic acids is 1. The van der Waals surface area contributed by atoms with E-state index in [-0.39, 0.29) is 11.1 Å². The number of hydrogen-bond donors (Lipinski definition) is 2. The maximum Gasteiger partial charge on any atom is 0.290 e. The Bertz CT molecular complexity index is 653. The normalized spacial score (nSPS) is 11.1. The number of nitrogens with one attached hydrogen (secondary N) is 2. The molecule has 0 atom stereocenters. The quantitative estimate of drug-likeness (QED) is 0.897. The first-order chi connectivity index (χ1) is 9.49. The van der Waals surface area contributed by atoms with E-state index in [2.05, 4.69) is 10.3 Å². The summed E-state index contributed by atoms with van der Waals surface area (Å²) in [4.78, 5) is 25.1. The number of aromatic nitrogens is 1. The summed E-state index contributed by atoms with van der Waals surface area (Å²) in [7, 11) is 0.